The van der Waals surface area contributed by atoms with E-state index in [1.807, 2.05) is 0 Å². The van der Waals surface area contributed by atoms with Gasteiger partial charge in [0.1, 0.15) is 24.0 Å². The molecule has 0 atom stereocenters. The molecule has 5 heteroatoms. The van der Waals surface area contributed by atoms with Gasteiger partial charge < -0.3 is 4.74 Å². The predicted octanol–water partition coefficient (Wildman–Crippen LogP) is 4.01. The smallest absolute Gasteiger partial charge is 0.153 e. The number of hydrogen-bond donors (Lipinski definition) is 0. The maximum absolute atomic E-state index is 13.0. The Morgan fingerprint density at radius 3 is 2.63 bits per heavy atom. The first kappa shape index (κ1) is 13.5. The maximum atomic E-state index is 13.0. The van der Waals surface area contributed by atoms with Gasteiger partial charge in [-0.25, -0.2) is 8.78 Å². The Kier molecular flexibility index (Phi) is 4.12. The summed E-state index contributed by atoms with van der Waals surface area (Å²) in [5.74, 6) is -0.767. The quantitative estimate of drug-likeness (QED) is 0.792. The number of ether oxygens (including phenoxy) is 1. The van der Waals surface area contributed by atoms with Gasteiger partial charge >= 0.3 is 0 Å². The molecule has 0 spiro atoms. The van der Waals surface area contributed by atoms with Gasteiger partial charge in [0.15, 0.2) is 6.29 Å². The Morgan fingerprint density at radius 2 is 1.95 bits per heavy atom. The van der Waals surface area contributed by atoms with E-state index >= 15 is 0 Å². The molecule has 0 fully saturated rings. The van der Waals surface area contributed by atoms with Crippen LogP contribution < -0.4 is 4.74 Å². The lowest BCUT2D eigenvalue weighted by molar-refractivity contribution is 0.111. The van der Waals surface area contributed by atoms with E-state index in [1.54, 1.807) is 0 Å². The van der Waals surface area contributed by atoms with Crippen LogP contribution in [0.5, 0.6) is 5.75 Å². The summed E-state index contributed by atoms with van der Waals surface area (Å²) in [6.07, 6.45) is 0.510. The minimum atomic E-state index is -0.515. The zero-order chi connectivity index (χ0) is 13.8. The van der Waals surface area contributed by atoms with Gasteiger partial charge in [0.2, 0.25) is 0 Å². The largest absolute Gasteiger partial charge is 0.488 e. The lowest BCUT2D eigenvalue weighted by Gasteiger charge is -2.09. The van der Waals surface area contributed by atoms with E-state index in [-0.39, 0.29) is 22.9 Å². The van der Waals surface area contributed by atoms with Crippen molar-refractivity contribution in [3.8, 4) is 5.75 Å². The van der Waals surface area contributed by atoms with Crippen LogP contribution in [-0.4, -0.2) is 6.29 Å². The summed E-state index contributed by atoms with van der Waals surface area (Å²) in [5, 5.41) is -0.00387. The van der Waals surface area contributed by atoms with Crippen molar-refractivity contribution in [2.24, 2.45) is 0 Å². The third-order valence-corrected chi connectivity index (χ3v) is 2.77. The molecule has 19 heavy (non-hydrogen) atoms. The molecule has 98 valence electrons. The second kappa shape index (κ2) is 5.80. The molecule has 0 aliphatic heterocycles. The number of rotatable bonds is 4. The Labute approximate surface area is 113 Å². The van der Waals surface area contributed by atoms with Crippen LogP contribution in [0.25, 0.3) is 0 Å². The summed E-state index contributed by atoms with van der Waals surface area (Å²) < 4.78 is 31.3. The molecule has 0 saturated heterocycles. The van der Waals surface area contributed by atoms with Crippen LogP contribution in [0.15, 0.2) is 36.4 Å². The average Bonchev–Trinajstić information content (AvgIpc) is 2.41. The fourth-order valence-corrected chi connectivity index (χ4v) is 1.74. The number of carbonyl (C=O) groups excluding carboxylic acids is 1. The number of halogens is 3. The second-order valence-corrected chi connectivity index (χ2v) is 4.24. The zero-order valence-electron chi connectivity index (χ0n) is 9.70. The average molecular weight is 283 g/mol. The van der Waals surface area contributed by atoms with Gasteiger partial charge in [0.05, 0.1) is 10.6 Å². The molecule has 2 aromatic carbocycles. The van der Waals surface area contributed by atoms with Crippen molar-refractivity contribution in [3.63, 3.8) is 0 Å². The SMILES string of the molecule is O=Cc1cc(F)ccc1OCc1ccc(F)c(Cl)c1. The summed E-state index contributed by atoms with van der Waals surface area (Å²) in [4.78, 5) is 10.8. The molecule has 2 nitrogen and oxygen atoms in total. The molecule has 0 unspecified atom stereocenters. The highest BCUT2D eigenvalue weighted by Crippen LogP contribution is 2.21. The van der Waals surface area contributed by atoms with Gasteiger partial charge in [0, 0.05) is 0 Å². The number of aldehydes is 1. The van der Waals surface area contributed by atoms with E-state index in [9.17, 15) is 13.6 Å². The molecule has 0 bridgehead atoms. The van der Waals surface area contributed by atoms with E-state index in [1.165, 1.54) is 30.3 Å². The van der Waals surface area contributed by atoms with Crippen molar-refractivity contribution in [2.75, 3.05) is 0 Å². The third kappa shape index (κ3) is 3.29. The summed E-state index contributed by atoms with van der Waals surface area (Å²) in [5.41, 5.74) is 0.765. The van der Waals surface area contributed by atoms with Crippen LogP contribution in [0.3, 0.4) is 0 Å². The first-order valence-electron chi connectivity index (χ1n) is 5.41. The van der Waals surface area contributed by atoms with Crippen LogP contribution >= 0.6 is 11.6 Å². The topological polar surface area (TPSA) is 26.3 Å². The minimum Gasteiger partial charge on any atom is -0.488 e. The molecule has 0 heterocycles. The van der Waals surface area contributed by atoms with Crippen molar-refractivity contribution in [2.45, 2.75) is 6.61 Å². The third-order valence-electron chi connectivity index (χ3n) is 2.48. The van der Waals surface area contributed by atoms with Gasteiger partial charge in [0.25, 0.3) is 0 Å². The summed E-state index contributed by atoms with van der Waals surface area (Å²) in [6.45, 7) is 0.104. The van der Waals surface area contributed by atoms with E-state index < -0.39 is 11.6 Å². The monoisotopic (exact) mass is 282 g/mol. The molecule has 0 aromatic heterocycles. The van der Waals surface area contributed by atoms with E-state index in [0.717, 1.165) is 6.07 Å². The number of hydrogen-bond acceptors (Lipinski definition) is 2. The van der Waals surface area contributed by atoms with Crippen molar-refractivity contribution >= 4 is 17.9 Å². The van der Waals surface area contributed by atoms with Gasteiger partial charge in [-0.15, -0.1) is 0 Å². The predicted molar refractivity (Wildman–Crippen MR) is 67.5 cm³/mol. The molecular formula is C14H9ClF2O2. The first-order valence-corrected chi connectivity index (χ1v) is 5.79. The fraction of sp³-hybridized carbons (Fsp3) is 0.0714. The molecule has 0 amide bonds. The van der Waals surface area contributed by atoms with Crippen LogP contribution in [-0.2, 0) is 6.61 Å². The molecule has 0 aliphatic rings. The molecule has 0 radical (unpaired) electrons. The number of benzene rings is 2. The summed E-state index contributed by atoms with van der Waals surface area (Å²) in [7, 11) is 0. The van der Waals surface area contributed by atoms with Crippen LogP contribution in [0, 0.1) is 11.6 Å². The number of carbonyl (C=O) groups is 1. The Balaban J connectivity index is 2.14. The lowest BCUT2D eigenvalue weighted by Crippen LogP contribution is -1.99. The van der Waals surface area contributed by atoms with Crippen molar-refractivity contribution in [3.05, 3.63) is 64.2 Å². The Bertz CT molecular complexity index is 614. The van der Waals surface area contributed by atoms with E-state index in [4.69, 9.17) is 16.3 Å². The molecule has 0 saturated carbocycles. The van der Waals surface area contributed by atoms with E-state index in [2.05, 4.69) is 0 Å². The van der Waals surface area contributed by atoms with Gasteiger partial charge in [-0.1, -0.05) is 17.7 Å². The highest BCUT2D eigenvalue weighted by Gasteiger charge is 2.06. The molecule has 2 rings (SSSR count). The molecular weight excluding hydrogens is 274 g/mol. The van der Waals surface area contributed by atoms with Crippen molar-refractivity contribution in [1.29, 1.82) is 0 Å². The normalized spacial score (nSPS) is 10.3. The van der Waals surface area contributed by atoms with Gasteiger partial charge in [-0.3, -0.25) is 4.79 Å². The molecule has 0 aliphatic carbocycles. The highest BCUT2D eigenvalue weighted by molar-refractivity contribution is 6.30. The minimum absolute atomic E-state index is 0.00387. The molecule has 0 N–H and O–H groups in total. The fourth-order valence-electron chi connectivity index (χ4n) is 1.53. The zero-order valence-corrected chi connectivity index (χ0v) is 10.5. The van der Waals surface area contributed by atoms with Crippen molar-refractivity contribution < 1.29 is 18.3 Å². The van der Waals surface area contributed by atoms with Crippen molar-refractivity contribution in [1.82, 2.24) is 0 Å². The van der Waals surface area contributed by atoms with Gasteiger partial charge in [-0.2, -0.15) is 0 Å². The highest BCUT2D eigenvalue weighted by atomic mass is 35.5. The second-order valence-electron chi connectivity index (χ2n) is 3.84. The lowest BCUT2D eigenvalue weighted by atomic mass is 10.2. The summed E-state index contributed by atoms with van der Waals surface area (Å²) in [6, 6.07) is 7.82. The standard InChI is InChI=1S/C14H9ClF2O2/c15-12-5-9(1-3-13(12)17)8-19-14-4-2-11(16)6-10(14)7-18/h1-7H,8H2. The van der Waals surface area contributed by atoms with Crippen LogP contribution in [0.2, 0.25) is 5.02 Å². The van der Waals surface area contributed by atoms with Crippen LogP contribution in [0.4, 0.5) is 8.78 Å². The van der Waals surface area contributed by atoms with Crippen LogP contribution in [0.1, 0.15) is 15.9 Å². The van der Waals surface area contributed by atoms with Gasteiger partial charge in [-0.05, 0) is 35.9 Å². The summed E-state index contributed by atoms with van der Waals surface area (Å²) >= 11 is 5.64. The Morgan fingerprint density at radius 1 is 1.16 bits per heavy atom. The first-order chi connectivity index (χ1) is 9.10. The Hall–Kier alpha value is -1.94. The maximum Gasteiger partial charge on any atom is 0.153 e. The van der Waals surface area contributed by atoms with E-state index in [0.29, 0.717) is 11.8 Å². The molecule has 2 aromatic rings.